The van der Waals surface area contributed by atoms with E-state index in [0.717, 1.165) is 10.5 Å². The summed E-state index contributed by atoms with van der Waals surface area (Å²) in [5.41, 5.74) is 0.930. The van der Waals surface area contributed by atoms with Crippen LogP contribution in [0.3, 0.4) is 0 Å². The van der Waals surface area contributed by atoms with Crippen molar-refractivity contribution >= 4 is 46.8 Å². The Morgan fingerprint density at radius 3 is 2.38 bits per heavy atom. The predicted octanol–water partition coefficient (Wildman–Crippen LogP) is 2.20. The summed E-state index contributed by atoms with van der Waals surface area (Å²) < 4.78 is 4.10. The van der Waals surface area contributed by atoms with E-state index in [0.29, 0.717) is 13.1 Å². The molecule has 0 bridgehead atoms. The van der Waals surface area contributed by atoms with Crippen LogP contribution in [0.2, 0.25) is 0 Å². The van der Waals surface area contributed by atoms with Gasteiger partial charge in [-0.1, -0.05) is 65.1 Å². The Kier molecular flexibility index (Phi) is 6.96. The van der Waals surface area contributed by atoms with Gasteiger partial charge in [-0.25, -0.2) is 0 Å². The van der Waals surface area contributed by atoms with Crippen LogP contribution in [-0.4, -0.2) is 41.2 Å². The van der Waals surface area contributed by atoms with E-state index in [-0.39, 0.29) is 18.1 Å². The molecule has 1 fully saturated rings. The molecule has 0 radical (unpaired) electrons. The molecule has 132 valence electrons. The van der Waals surface area contributed by atoms with Crippen LogP contribution in [0.25, 0.3) is 6.08 Å². The normalized spacial score (nSPS) is 26.3. The molecule has 2 N–H and O–H groups in total. The molecule has 1 aliphatic heterocycles. The predicted molar refractivity (Wildman–Crippen MR) is 98.4 cm³/mol. The van der Waals surface area contributed by atoms with E-state index in [1.54, 1.807) is 6.08 Å². The third-order valence-corrected chi connectivity index (χ3v) is 4.47. The van der Waals surface area contributed by atoms with Crippen molar-refractivity contribution in [1.82, 2.24) is 5.32 Å². The van der Waals surface area contributed by atoms with Crippen LogP contribution in [0.1, 0.15) is 19.4 Å². The van der Waals surface area contributed by atoms with Crippen molar-refractivity contribution in [2.45, 2.75) is 36.0 Å². The lowest BCUT2D eigenvalue weighted by Crippen LogP contribution is -3.22. The molecule has 1 amide bonds. The zero-order valence-electron chi connectivity index (χ0n) is 13.6. The number of halogens is 3. The van der Waals surface area contributed by atoms with Gasteiger partial charge in [-0.3, -0.25) is 10.1 Å². The van der Waals surface area contributed by atoms with Crippen LogP contribution in [0.5, 0.6) is 0 Å². The van der Waals surface area contributed by atoms with Crippen LogP contribution in [0.4, 0.5) is 0 Å². The number of nitrogens with one attached hydrogen (secondary N) is 2. The van der Waals surface area contributed by atoms with Crippen molar-refractivity contribution < 1.29 is 14.4 Å². The molecule has 7 heteroatoms. The summed E-state index contributed by atoms with van der Waals surface area (Å²) in [5, 5.41) is 2.82. The van der Waals surface area contributed by atoms with Crippen LogP contribution in [0.15, 0.2) is 36.4 Å². The standard InChI is InChI=1S/C17H21Cl3N2O2/c1-12-10-22(11-13(2)24-12)16(17(18,19)20)21-15(23)9-8-14-6-4-3-5-7-14/h3-9,12-13,16H,10-11H2,1-2H3,(H,21,23)/p+1/b9-8+/t12-,13+,16-/m0/s1. The summed E-state index contributed by atoms with van der Waals surface area (Å²) >= 11 is 18.4. The molecule has 0 spiro atoms. The largest absolute Gasteiger partial charge is 0.364 e. The highest BCUT2D eigenvalue weighted by Crippen LogP contribution is 2.28. The van der Waals surface area contributed by atoms with Crippen molar-refractivity contribution in [3.8, 4) is 0 Å². The van der Waals surface area contributed by atoms with Crippen LogP contribution in [0, 0.1) is 0 Å². The average Bonchev–Trinajstić information content (AvgIpc) is 2.49. The SMILES string of the molecule is C[C@@H]1C[NH+]([C@H](NC(=O)/C=C/c2ccccc2)C(Cl)(Cl)Cl)C[C@H](C)O1. The fourth-order valence-electron chi connectivity index (χ4n) is 2.89. The minimum absolute atomic E-state index is 0.0374. The zero-order valence-corrected chi connectivity index (χ0v) is 15.9. The molecule has 4 atom stereocenters. The molecule has 1 heterocycles. The lowest BCUT2D eigenvalue weighted by molar-refractivity contribution is -0.941. The second-order valence-electron chi connectivity index (χ2n) is 6.05. The Bertz CT molecular complexity index is 565. The van der Waals surface area contributed by atoms with Gasteiger partial charge in [-0.2, -0.15) is 0 Å². The number of hydrogen-bond acceptors (Lipinski definition) is 2. The molecule has 1 saturated heterocycles. The van der Waals surface area contributed by atoms with E-state index in [1.165, 1.54) is 6.08 Å². The molecule has 1 aromatic rings. The van der Waals surface area contributed by atoms with Gasteiger partial charge in [-0.15, -0.1) is 0 Å². The third-order valence-electron chi connectivity index (χ3n) is 3.81. The Labute approximate surface area is 157 Å². The molecule has 0 saturated carbocycles. The monoisotopic (exact) mass is 391 g/mol. The quantitative estimate of drug-likeness (QED) is 0.609. The van der Waals surface area contributed by atoms with Crippen LogP contribution in [-0.2, 0) is 9.53 Å². The van der Waals surface area contributed by atoms with Gasteiger partial charge in [0.2, 0.25) is 12.1 Å². The number of alkyl halides is 3. The van der Waals surface area contributed by atoms with Crippen molar-refractivity contribution in [3.05, 3.63) is 42.0 Å². The van der Waals surface area contributed by atoms with Crippen molar-refractivity contribution in [2.75, 3.05) is 13.1 Å². The van der Waals surface area contributed by atoms with E-state index in [4.69, 9.17) is 39.5 Å². The molecule has 24 heavy (non-hydrogen) atoms. The maximum atomic E-state index is 12.3. The van der Waals surface area contributed by atoms with Crippen molar-refractivity contribution in [2.24, 2.45) is 0 Å². The maximum Gasteiger partial charge on any atom is 0.262 e. The van der Waals surface area contributed by atoms with Gasteiger partial charge in [0, 0.05) is 6.08 Å². The molecule has 1 aliphatic rings. The fraction of sp³-hybridized carbons (Fsp3) is 0.471. The molecule has 0 aliphatic carbocycles. The maximum absolute atomic E-state index is 12.3. The van der Waals surface area contributed by atoms with Gasteiger partial charge in [-0.05, 0) is 25.5 Å². The number of benzene rings is 1. The Morgan fingerprint density at radius 2 is 1.83 bits per heavy atom. The van der Waals surface area contributed by atoms with Gasteiger partial charge in [0.05, 0.1) is 0 Å². The first-order chi connectivity index (χ1) is 11.3. The number of ether oxygens (including phenoxy) is 1. The fourth-order valence-corrected chi connectivity index (χ4v) is 3.52. The zero-order chi connectivity index (χ0) is 17.7. The smallest absolute Gasteiger partial charge is 0.262 e. The first-order valence-corrected chi connectivity index (χ1v) is 8.99. The minimum Gasteiger partial charge on any atom is -0.364 e. The van der Waals surface area contributed by atoms with Crippen molar-refractivity contribution in [3.63, 3.8) is 0 Å². The molecule has 1 aromatic carbocycles. The van der Waals surface area contributed by atoms with Gasteiger partial charge < -0.3 is 9.64 Å². The number of quaternary nitrogens is 1. The highest BCUT2D eigenvalue weighted by atomic mass is 35.6. The van der Waals surface area contributed by atoms with E-state index < -0.39 is 9.96 Å². The summed E-state index contributed by atoms with van der Waals surface area (Å²) in [5.74, 6) is -0.297. The second kappa shape index (κ2) is 8.54. The molecular formula is C17H22Cl3N2O2+. The summed E-state index contributed by atoms with van der Waals surface area (Å²) in [7, 11) is 0. The van der Waals surface area contributed by atoms with Gasteiger partial charge >= 0.3 is 0 Å². The Hall–Kier alpha value is -0.780. The summed E-state index contributed by atoms with van der Waals surface area (Å²) in [6.45, 7) is 5.27. The summed E-state index contributed by atoms with van der Waals surface area (Å²) in [6.07, 6.45) is 2.60. The highest BCUT2D eigenvalue weighted by molar-refractivity contribution is 6.68. The number of carbonyl (C=O) groups excluding carboxylic acids is 1. The Morgan fingerprint density at radius 1 is 1.25 bits per heavy atom. The molecule has 1 unspecified atom stereocenters. The molecule has 0 aromatic heterocycles. The van der Waals surface area contributed by atoms with E-state index in [1.807, 2.05) is 44.2 Å². The van der Waals surface area contributed by atoms with Crippen molar-refractivity contribution in [1.29, 1.82) is 0 Å². The van der Waals surface area contributed by atoms with Gasteiger partial charge in [0.15, 0.2) is 0 Å². The molecular weight excluding hydrogens is 371 g/mol. The first-order valence-electron chi connectivity index (χ1n) is 7.86. The van der Waals surface area contributed by atoms with E-state index in [9.17, 15) is 4.79 Å². The second-order valence-corrected chi connectivity index (χ2v) is 8.42. The number of hydrogen-bond donors (Lipinski definition) is 2. The number of morpholine rings is 1. The minimum atomic E-state index is -1.61. The number of amides is 1. The average molecular weight is 393 g/mol. The molecule has 4 nitrogen and oxygen atoms in total. The van der Waals surface area contributed by atoms with Crippen LogP contribution < -0.4 is 10.2 Å². The number of rotatable bonds is 4. The lowest BCUT2D eigenvalue weighted by atomic mass is 10.2. The highest BCUT2D eigenvalue weighted by Gasteiger charge is 2.44. The summed E-state index contributed by atoms with van der Waals surface area (Å²) in [4.78, 5) is 13.2. The van der Waals surface area contributed by atoms with Gasteiger partial charge in [0.1, 0.15) is 25.3 Å². The van der Waals surface area contributed by atoms with E-state index >= 15 is 0 Å². The first kappa shape index (κ1) is 19.5. The van der Waals surface area contributed by atoms with Crippen LogP contribution >= 0.6 is 34.8 Å². The van der Waals surface area contributed by atoms with E-state index in [2.05, 4.69) is 5.32 Å². The number of carbonyl (C=O) groups is 1. The topological polar surface area (TPSA) is 42.8 Å². The molecule has 2 rings (SSSR count). The lowest BCUT2D eigenvalue weighted by Gasteiger charge is -2.39. The van der Waals surface area contributed by atoms with Gasteiger partial charge in [0.25, 0.3) is 3.79 Å². The Balaban J connectivity index is 2.06. The third kappa shape index (κ3) is 5.94. The summed E-state index contributed by atoms with van der Waals surface area (Å²) in [6, 6.07) is 9.55.